The van der Waals surface area contributed by atoms with Gasteiger partial charge in [-0.2, -0.15) is 0 Å². The summed E-state index contributed by atoms with van der Waals surface area (Å²) in [4.78, 5) is 0. The molecule has 0 bridgehead atoms. The highest BCUT2D eigenvalue weighted by atomic mass is 31.1. The van der Waals surface area contributed by atoms with Crippen LogP contribution < -0.4 is 0 Å². The van der Waals surface area contributed by atoms with Gasteiger partial charge in [0.1, 0.15) is 0 Å². The van der Waals surface area contributed by atoms with Crippen LogP contribution in [0, 0.1) is 0 Å². The van der Waals surface area contributed by atoms with Gasteiger partial charge in [-0.3, -0.25) is 0 Å². The molecule has 0 spiro atoms. The Kier molecular flexibility index (Phi) is 8.04. The molecule has 0 radical (unpaired) electrons. The van der Waals surface area contributed by atoms with Crippen LogP contribution in [0.3, 0.4) is 0 Å². The van der Waals surface area contributed by atoms with Crippen molar-refractivity contribution in [3.8, 4) is 11.1 Å². The van der Waals surface area contributed by atoms with E-state index in [1.54, 1.807) is 25.7 Å². The molecule has 0 amide bonds. The lowest BCUT2D eigenvalue weighted by atomic mass is 10.00. The van der Waals surface area contributed by atoms with Gasteiger partial charge in [-0.25, -0.2) is 0 Å². The molecule has 0 saturated heterocycles. The Morgan fingerprint density at radius 2 is 0.840 bits per heavy atom. The smallest absolute Gasteiger partial charge is 0.0184 e. The Bertz CT molecular complexity index is 512. The van der Waals surface area contributed by atoms with Crippen molar-refractivity contribution in [1.29, 1.82) is 0 Å². The van der Waals surface area contributed by atoms with Gasteiger partial charge in [-0.1, -0.05) is 99.2 Å². The largest absolute Gasteiger partial charge is 0.116 e. The molecule has 0 atom stereocenters. The van der Waals surface area contributed by atoms with Crippen LogP contribution in [-0.4, -0.2) is 11.3 Å². The van der Waals surface area contributed by atoms with Crippen LogP contribution in [0.1, 0.15) is 64.2 Å². The molecule has 0 heterocycles. The molecular formula is C24H33P. The third-order valence-corrected chi connectivity index (χ3v) is 7.66. The summed E-state index contributed by atoms with van der Waals surface area (Å²) in [5.74, 6) is 0. The highest BCUT2D eigenvalue weighted by Gasteiger charge is 2.20. The SMILES string of the molecule is C1CCC(PC2CCCCC2)CC1.c1ccc(-c2ccccc2)cc1. The summed E-state index contributed by atoms with van der Waals surface area (Å²) in [5.41, 5.74) is 4.85. The van der Waals surface area contributed by atoms with E-state index >= 15 is 0 Å². The highest BCUT2D eigenvalue weighted by Crippen LogP contribution is 2.41. The molecule has 2 saturated carbocycles. The van der Waals surface area contributed by atoms with Crippen LogP contribution >= 0.6 is 8.58 Å². The number of hydrogen-bond donors (Lipinski definition) is 0. The highest BCUT2D eigenvalue weighted by molar-refractivity contribution is 7.39. The van der Waals surface area contributed by atoms with E-state index in [1.807, 2.05) is 12.1 Å². The van der Waals surface area contributed by atoms with Gasteiger partial charge in [0.05, 0.1) is 0 Å². The van der Waals surface area contributed by atoms with Gasteiger partial charge in [0, 0.05) is 0 Å². The van der Waals surface area contributed by atoms with Gasteiger partial charge < -0.3 is 0 Å². The van der Waals surface area contributed by atoms with Crippen molar-refractivity contribution in [2.75, 3.05) is 0 Å². The van der Waals surface area contributed by atoms with E-state index in [4.69, 9.17) is 0 Å². The first-order valence-corrected chi connectivity index (χ1v) is 11.4. The van der Waals surface area contributed by atoms with E-state index in [0.717, 1.165) is 11.3 Å². The van der Waals surface area contributed by atoms with E-state index in [2.05, 4.69) is 48.5 Å². The van der Waals surface area contributed by atoms with Crippen molar-refractivity contribution in [2.45, 2.75) is 75.5 Å². The lowest BCUT2D eigenvalue weighted by Gasteiger charge is -2.28. The van der Waals surface area contributed by atoms with Gasteiger partial charge >= 0.3 is 0 Å². The fraction of sp³-hybridized carbons (Fsp3) is 0.500. The number of hydrogen-bond acceptors (Lipinski definition) is 0. The molecule has 0 unspecified atom stereocenters. The Labute approximate surface area is 156 Å². The van der Waals surface area contributed by atoms with Gasteiger partial charge in [0.25, 0.3) is 0 Å². The second-order valence-electron chi connectivity index (χ2n) is 7.57. The minimum absolute atomic E-state index is 1.15. The van der Waals surface area contributed by atoms with Crippen LogP contribution in [0.25, 0.3) is 11.1 Å². The fourth-order valence-corrected chi connectivity index (χ4v) is 6.28. The lowest BCUT2D eigenvalue weighted by Crippen LogP contribution is -2.14. The van der Waals surface area contributed by atoms with Gasteiger partial charge in [-0.05, 0) is 48.1 Å². The van der Waals surface area contributed by atoms with Crippen molar-refractivity contribution >= 4 is 8.58 Å². The molecule has 134 valence electrons. The standard InChI is InChI=1S/C12H23P.C12H10/c1-3-7-11(8-4-1)13-12-9-5-2-6-10-12;1-3-7-11(8-4-1)12-9-5-2-6-10-12/h11-13H,1-10H2;1-10H. The summed E-state index contributed by atoms with van der Waals surface area (Å²) in [6.45, 7) is 0. The van der Waals surface area contributed by atoms with Crippen LogP contribution in [-0.2, 0) is 0 Å². The summed E-state index contributed by atoms with van der Waals surface area (Å²) in [6.07, 6.45) is 15.4. The zero-order chi connectivity index (χ0) is 17.2. The molecule has 2 aliphatic carbocycles. The third-order valence-electron chi connectivity index (χ3n) is 5.56. The first-order chi connectivity index (χ1) is 12.4. The van der Waals surface area contributed by atoms with Crippen LogP contribution in [0.2, 0.25) is 0 Å². The molecule has 0 N–H and O–H groups in total. The molecule has 1 heteroatoms. The fourth-order valence-electron chi connectivity index (χ4n) is 4.13. The van der Waals surface area contributed by atoms with E-state index in [0.29, 0.717) is 0 Å². The topological polar surface area (TPSA) is 0 Å². The predicted molar refractivity (Wildman–Crippen MR) is 114 cm³/mol. The first kappa shape index (κ1) is 18.7. The van der Waals surface area contributed by atoms with Gasteiger partial charge in [0.15, 0.2) is 0 Å². The molecule has 2 aliphatic rings. The average Bonchev–Trinajstić information content (AvgIpc) is 2.71. The van der Waals surface area contributed by atoms with Crippen molar-refractivity contribution in [2.24, 2.45) is 0 Å². The molecule has 0 aromatic heterocycles. The van der Waals surface area contributed by atoms with E-state index in [1.165, 1.54) is 58.2 Å². The van der Waals surface area contributed by atoms with Crippen LogP contribution in [0.15, 0.2) is 60.7 Å². The predicted octanol–water partition coefficient (Wildman–Crippen LogP) is 7.68. The second-order valence-corrected chi connectivity index (χ2v) is 9.53. The Morgan fingerprint density at radius 1 is 0.480 bits per heavy atom. The van der Waals surface area contributed by atoms with E-state index < -0.39 is 0 Å². The van der Waals surface area contributed by atoms with Crippen molar-refractivity contribution in [3.63, 3.8) is 0 Å². The molecule has 0 aliphatic heterocycles. The molecule has 0 nitrogen and oxygen atoms in total. The molecule has 2 aromatic carbocycles. The summed E-state index contributed by atoms with van der Waals surface area (Å²) < 4.78 is 0. The maximum Gasteiger partial charge on any atom is -0.0184 e. The monoisotopic (exact) mass is 352 g/mol. The van der Waals surface area contributed by atoms with Gasteiger partial charge in [0.2, 0.25) is 0 Å². The molecular weight excluding hydrogens is 319 g/mol. The van der Waals surface area contributed by atoms with Crippen molar-refractivity contribution in [1.82, 2.24) is 0 Å². The molecule has 25 heavy (non-hydrogen) atoms. The summed E-state index contributed by atoms with van der Waals surface area (Å²) in [6, 6.07) is 20.8. The number of benzene rings is 2. The van der Waals surface area contributed by atoms with Crippen molar-refractivity contribution < 1.29 is 0 Å². The van der Waals surface area contributed by atoms with Crippen LogP contribution in [0.4, 0.5) is 0 Å². The zero-order valence-electron chi connectivity index (χ0n) is 15.5. The number of rotatable bonds is 3. The molecule has 2 aromatic rings. The maximum atomic E-state index is 2.12. The first-order valence-electron chi connectivity index (χ1n) is 10.3. The minimum atomic E-state index is 1.15. The van der Waals surface area contributed by atoms with Gasteiger partial charge in [-0.15, -0.1) is 8.58 Å². The Hall–Kier alpha value is -1.13. The Balaban J connectivity index is 0.000000146. The Morgan fingerprint density at radius 3 is 1.20 bits per heavy atom. The van der Waals surface area contributed by atoms with E-state index in [9.17, 15) is 0 Å². The minimum Gasteiger partial charge on any atom is -0.116 e. The normalized spacial score (nSPS) is 19.0. The summed E-state index contributed by atoms with van der Waals surface area (Å²) in [5, 5.41) is 0. The summed E-state index contributed by atoms with van der Waals surface area (Å²) >= 11 is 0. The zero-order valence-corrected chi connectivity index (χ0v) is 16.5. The summed E-state index contributed by atoms with van der Waals surface area (Å²) in [7, 11) is 1.33. The van der Waals surface area contributed by atoms with Crippen LogP contribution in [0.5, 0.6) is 0 Å². The maximum absolute atomic E-state index is 2.12. The van der Waals surface area contributed by atoms with Crippen molar-refractivity contribution in [3.05, 3.63) is 60.7 Å². The average molecular weight is 353 g/mol. The second kappa shape index (κ2) is 10.8. The third kappa shape index (κ3) is 6.59. The quantitative estimate of drug-likeness (QED) is 0.497. The molecule has 4 rings (SSSR count). The molecule has 2 fully saturated rings. The lowest BCUT2D eigenvalue weighted by molar-refractivity contribution is 0.490. The van der Waals surface area contributed by atoms with E-state index in [-0.39, 0.29) is 0 Å².